The van der Waals surface area contributed by atoms with Crippen molar-refractivity contribution in [3.63, 3.8) is 0 Å². The Kier molecular flexibility index (Phi) is 10.9. The number of amides is 1. The molecule has 8 unspecified atom stereocenters. The van der Waals surface area contributed by atoms with E-state index >= 15 is 0 Å². The first-order valence-electron chi connectivity index (χ1n) is 13.4. The van der Waals surface area contributed by atoms with Crippen molar-refractivity contribution in [2.75, 3.05) is 27.4 Å². The highest BCUT2D eigenvalue weighted by Gasteiger charge is 2.74. The standard InChI is InChI=1S/C27H47N3O7/c1-10-27(7,11-2)30-23(28)19-17-18(21(19)26(33)37-16(6)13-35-9)22(25(32)36-14(3)4)20(17)24(31)29-15(5)12-34-8/h14-22H,10-13H2,1-9H3,(H2,28,30)(H,29,31). The first-order chi connectivity index (χ1) is 17.3. The molecule has 2 aliphatic rings. The summed E-state index contributed by atoms with van der Waals surface area (Å²) >= 11 is 0. The van der Waals surface area contributed by atoms with E-state index in [1.54, 1.807) is 27.9 Å². The quantitative estimate of drug-likeness (QED) is 0.179. The summed E-state index contributed by atoms with van der Waals surface area (Å²) in [5, 5.41) is 15.2. The Morgan fingerprint density at radius 1 is 0.838 bits per heavy atom. The third-order valence-electron chi connectivity index (χ3n) is 7.93. The number of esters is 2. The molecule has 0 heterocycles. The van der Waals surface area contributed by atoms with Crippen molar-refractivity contribution in [2.24, 2.45) is 35.5 Å². The van der Waals surface area contributed by atoms with E-state index in [-0.39, 0.29) is 42.0 Å². The molecule has 0 bridgehead atoms. The van der Waals surface area contributed by atoms with Gasteiger partial charge in [-0.05, 0) is 59.3 Å². The molecule has 2 fully saturated rings. The third-order valence-corrected chi connectivity index (χ3v) is 7.93. The second-order valence-electron chi connectivity index (χ2n) is 11.1. The smallest absolute Gasteiger partial charge is 0.310 e. The summed E-state index contributed by atoms with van der Waals surface area (Å²) in [4.78, 5) is 40.0. The number of nitrogens with one attached hydrogen (secondary N) is 3. The summed E-state index contributed by atoms with van der Waals surface area (Å²) in [6, 6.07) is -0.256. The van der Waals surface area contributed by atoms with E-state index in [0.29, 0.717) is 6.61 Å². The van der Waals surface area contributed by atoms with Crippen molar-refractivity contribution in [3.05, 3.63) is 0 Å². The van der Waals surface area contributed by atoms with Gasteiger partial charge in [0.2, 0.25) is 5.91 Å². The zero-order chi connectivity index (χ0) is 28.1. The van der Waals surface area contributed by atoms with Crippen LogP contribution in [0.2, 0.25) is 0 Å². The molecule has 10 nitrogen and oxygen atoms in total. The van der Waals surface area contributed by atoms with Crippen LogP contribution in [0.4, 0.5) is 0 Å². The maximum absolute atomic E-state index is 13.4. The van der Waals surface area contributed by atoms with Gasteiger partial charge >= 0.3 is 11.9 Å². The van der Waals surface area contributed by atoms with Gasteiger partial charge in [-0.3, -0.25) is 19.8 Å². The largest absolute Gasteiger partial charge is 0.463 e. The Morgan fingerprint density at radius 2 is 1.35 bits per heavy atom. The van der Waals surface area contributed by atoms with Crippen LogP contribution in [0.1, 0.15) is 61.3 Å². The molecule has 0 spiro atoms. The number of hydrogen-bond donors (Lipinski definition) is 3. The molecule has 2 aliphatic carbocycles. The fourth-order valence-electron chi connectivity index (χ4n) is 5.71. The minimum absolute atomic E-state index is 0.201. The van der Waals surface area contributed by atoms with Gasteiger partial charge in [0, 0.05) is 31.7 Å². The van der Waals surface area contributed by atoms with Crippen LogP contribution in [0, 0.1) is 40.9 Å². The minimum Gasteiger partial charge on any atom is -0.463 e. The number of amidine groups is 1. The lowest BCUT2D eigenvalue weighted by atomic mass is 9.37. The lowest BCUT2D eigenvalue weighted by Gasteiger charge is -2.65. The van der Waals surface area contributed by atoms with E-state index in [0.717, 1.165) is 12.8 Å². The molecule has 2 saturated carbocycles. The van der Waals surface area contributed by atoms with Crippen LogP contribution < -0.4 is 10.6 Å². The summed E-state index contributed by atoms with van der Waals surface area (Å²) in [6.07, 6.45) is 0.731. The van der Waals surface area contributed by atoms with Crippen molar-refractivity contribution in [2.45, 2.75) is 85.1 Å². The summed E-state index contributed by atoms with van der Waals surface area (Å²) in [7, 11) is 3.08. The summed E-state index contributed by atoms with van der Waals surface area (Å²) in [5.41, 5.74) is -0.329. The van der Waals surface area contributed by atoms with E-state index in [2.05, 4.69) is 10.6 Å². The molecule has 2 rings (SSSR count). The Bertz CT molecular complexity index is 829. The zero-order valence-electron chi connectivity index (χ0n) is 23.9. The van der Waals surface area contributed by atoms with Gasteiger partial charge < -0.3 is 29.6 Å². The number of methoxy groups -OCH3 is 2. The number of fused-ring (bicyclic) bond motifs is 1. The highest BCUT2D eigenvalue weighted by molar-refractivity contribution is 5.96. The molecule has 8 atom stereocenters. The van der Waals surface area contributed by atoms with Crippen LogP contribution in [-0.2, 0) is 33.3 Å². The molecule has 3 N–H and O–H groups in total. The van der Waals surface area contributed by atoms with Crippen molar-refractivity contribution >= 4 is 23.7 Å². The summed E-state index contributed by atoms with van der Waals surface area (Å²) in [5.74, 6) is -4.66. The average molecular weight is 526 g/mol. The van der Waals surface area contributed by atoms with Crippen LogP contribution in [-0.4, -0.2) is 74.9 Å². The molecule has 1 amide bonds. The van der Waals surface area contributed by atoms with E-state index in [1.165, 1.54) is 7.11 Å². The molecule has 0 saturated heterocycles. The van der Waals surface area contributed by atoms with Crippen LogP contribution in [0.3, 0.4) is 0 Å². The molecule has 0 radical (unpaired) electrons. The monoisotopic (exact) mass is 525 g/mol. The van der Waals surface area contributed by atoms with Gasteiger partial charge in [-0.25, -0.2) is 0 Å². The average Bonchev–Trinajstić information content (AvgIpc) is 2.78. The number of carbonyl (C=O) groups excluding carboxylic acids is 3. The van der Waals surface area contributed by atoms with Gasteiger partial charge in [0.05, 0.1) is 42.9 Å². The molecular weight excluding hydrogens is 478 g/mol. The lowest BCUT2D eigenvalue weighted by molar-refractivity contribution is -0.221. The maximum Gasteiger partial charge on any atom is 0.310 e. The molecule has 0 aromatic heterocycles. The van der Waals surface area contributed by atoms with Gasteiger partial charge in [-0.2, -0.15) is 0 Å². The molecule has 37 heavy (non-hydrogen) atoms. The number of hydrogen-bond acceptors (Lipinski definition) is 8. The molecule has 212 valence electrons. The van der Waals surface area contributed by atoms with Gasteiger partial charge in [0.15, 0.2) is 0 Å². The topological polar surface area (TPSA) is 136 Å². The zero-order valence-corrected chi connectivity index (χ0v) is 23.9. The van der Waals surface area contributed by atoms with Crippen LogP contribution >= 0.6 is 0 Å². The Hall–Kier alpha value is -2.20. The van der Waals surface area contributed by atoms with Crippen molar-refractivity contribution in [3.8, 4) is 0 Å². The van der Waals surface area contributed by atoms with E-state index in [4.69, 9.17) is 24.4 Å². The fourth-order valence-corrected chi connectivity index (χ4v) is 5.71. The van der Waals surface area contributed by atoms with Gasteiger partial charge in [-0.1, -0.05) is 13.8 Å². The normalized spacial score (nSPS) is 28.2. The van der Waals surface area contributed by atoms with Gasteiger partial charge in [0.1, 0.15) is 6.10 Å². The maximum atomic E-state index is 13.4. The highest BCUT2D eigenvalue weighted by Crippen LogP contribution is 2.65. The van der Waals surface area contributed by atoms with Crippen molar-refractivity contribution < 1.29 is 33.3 Å². The van der Waals surface area contributed by atoms with Crippen LogP contribution in [0.25, 0.3) is 0 Å². The lowest BCUT2D eigenvalue weighted by Crippen LogP contribution is -2.74. The third kappa shape index (κ3) is 6.82. The van der Waals surface area contributed by atoms with Gasteiger partial charge in [0.25, 0.3) is 0 Å². The number of ether oxygens (including phenoxy) is 4. The molecule has 0 aromatic rings. The van der Waals surface area contributed by atoms with E-state index < -0.39 is 47.6 Å². The predicted octanol–water partition coefficient (Wildman–Crippen LogP) is 2.54. The Labute approximate surface area is 221 Å². The molecular formula is C27H47N3O7. The van der Waals surface area contributed by atoms with E-state index in [9.17, 15) is 14.4 Å². The SMILES string of the molecule is CCC(C)(CC)NC(=N)C1C(C(=O)OC(C)COC)C2C(C(=O)OC(C)C)C(C(=O)NC(C)COC)C12. The first-order valence-corrected chi connectivity index (χ1v) is 13.4. The Balaban J connectivity index is 2.42. The highest BCUT2D eigenvalue weighted by atomic mass is 16.6. The Morgan fingerprint density at radius 3 is 1.86 bits per heavy atom. The summed E-state index contributed by atoms with van der Waals surface area (Å²) in [6.45, 7) is 13.7. The number of rotatable bonds is 14. The van der Waals surface area contributed by atoms with E-state index in [1.807, 2.05) is 27.7 Å². The van der Waals surface area contributed by atoms with Gasteiger partial charge in [-0.15, -0.1) is 0 Å². The number of carbonyl (C=O) groups is 3. The minimum atomic E-state index is -0.787. The summed E-state index contributed by atoms with van der Waals surface area (Å²) < 4.78 is 21.4. The first kappa shape index (κ1) is 31.0. The molecule has 10 heteroatoms. The van der Waals surface area contributed by atoms with Crippen molar-refractivity contribution in [1.82, 2.24) is 10.6 Å². The van der Waals surface area contributed by atoms with Crippen LogP contribution in [0.5, 0.6) is 0 Å². The van der Waals surface area contributed by atoms with Crippen molar-refractivity contribution in [1.29, 1.82) is 5.41 Å². The fraction of sp³-hybridized carbons (Fsp3) is 0.852. The molecule has 0 aliphatic heterocycles. The predicted molar refractivity (Wildman–Crippen MR) is 139 cm³/mol. The second-order valence-corrected chi connectivity index (χ2v) is 11.1. The van der Waals surface area contributed by atoms with Crippen LogP contribution in [0.15, 0.2) is 0 Å². The molecule has 0 aromatic carbocycles. The second kappa shape index (κ2) is 13.0.